The van der Waals surface area contributed by atoms with Crippen molar-refractivity contribution in [1.82, 2.24) is 0 Å². The third-order valence-corrected chi connectivity index (χ3v) is 3.21. The number of terminal acetylenes is 1. The minimum absolute atomic E-state index is 0.0534. The van der Waals surface area contributed by atoms with Crippen LogP contribution in [0, 0.1) is 25.2 Å². The number of carbonyl (C=O) groups is 1. The van der Waals surface area contributed by atoms with Crippen LogP contribution in [0.25, 0.3) is 0 Å². The molecule has 20 heavy (non-hydrogen) atoms. The van der Waals surface area contributed by atoms with Crippen LogP contribution in [0.5, 0.6) is 5.75 Å². The standard InChI is InChI=1S/C17H22O3/c1-5-9-19-10-11-20-15-7-8-16(14(4)12-15)17(18)13(3)6-2/h1,7-8,12-13H,6,9-11H2,2-4H3. The number of hydrogen-bond acceptors (Lipinski definition) is 3. The van der Waals surface area contributed by atoms with Gasteiger partial charge in [0.1, 0.15) is 19.0 Å². The molecule has 0 spiro atoms. The smallest absolute Gasteiger partial charge is 0.165 e. The Bertz CT molecular complexity index is 485. The zero-order valence-corrected chi connectivity index (χ0v) is 12.4. The van der Waals surface area contributed by atoms with Crippen molar-refractivity contribution in [2.45, 2.75) is 27.2 Å². The van der Waals surface area contributed by atoms with Gasteiger partial charge in [0.05, 0.1) is 6.61 Å². The second-order valence-corrected chi connectivity index (χ2v) is 4.76. The Hall–Kier alpha value is -1.79. The normalized spacial score (nSPS) is 11.7. The molecule has 0 fully saturated rings. The van der Waals surface area contributed by atoms with Crippen molar-refractivity contribution in [2.24, 2.45) is 5.92 Å². The molecule has 0 aliphatic rings. The maximum absolute atomic E-state index is 12.2. The van der Waals surface area contributed by atoms with Crippen molar-refractivity contribution in [3.8, 4) is 18.1 Å². The Morgan fingerprint density at radius 3 is 2.75 bits per heavy atom. The Morgan fingerprint density at radius 2 is 2.15 bits per heavy atom. The largest absolute Gasteiger partial charge is 0.491 e. The Labute approximate surface area is 121 Å². The summed E-state index contributed by atoms with van der Waals surface area (Å²) >= 11 is 0. The van der Waals surface area contributed by atoms with Gasteiger partial charge in [0, 0.05) is 11.5 Å². The van der Waals surface area contributed by atoms with Crippen molar-refractivity contribution >= 4 is 5.78 Å². The number of ether oxygens (including phenoxy) is 2. The van der Waals surface area contributed by atoms with E-state index in [1.807, 2.05) is 39.0 Å². The highest BCUT2D eigenvalue weighted by Gasteiger charge is 2.15. The lowest BCUT2D eigenvalue weighted by Crippen LogP contribution is -2.12. The molecule has 1 atom stereocenters. The molecular formula is C17H22O3. The van der Waals surface area contributed by atoms with Crippen LogP contribution < -0.4 is 4.74 Å². The fourth-order valence-corrected chi connectivity index (χ4v) is 1.80. The van der Waals surface area contributed by atoms with Gasteiger partial charge in [-0.15, -0.1) is 6.42 Å². The lowest BCUT2D eigenvalue weighted by atomic mass is 9.94. The van der Waals surface area contributed by atoms with Crippen LogP contribution in [0.2, 0.25) is 0 Å². The van der Waals surface area contributed by atoms with E-state index in [2.05, 4.69) is 5.92 Å². The van der Waals surface area contributed by atoms with Crippen molar-refractivity contribution < 1.29 is 14.3 Å². The van der Waals surface area contributed by atoms with Crippen molar-refractivity contribution in [2.75, 3.05) is 19.8 Å². The summed E-state index contributed by atoms with van der Waals surface area (Å²) in [7, 11) is 0. The third kappa shape index (κ3) is 4.71. The molecule has 0 aliphatic heterocycles. The van der Waals surface area contributed by atoms with E-state index in [0.29, 0.717) is 19.8 Å². The third-order valence-electron chi connectivity index (χ3n) is 3.21. The summed E-state index contributed by atoms with van der Waals surface area (Å²) in [4.78, 5) is 12.2. The minimum Gasteiger partial charge on any atom is -0.491 e. The highest BCUT2D eigenvalue weighted by Crippen LogP contribution is 2.21. The zero-order chi connectivity index (χ0) is 15.0. The second-order valence-electron chi connectivity index (χ2n) is 4.76. The maximum atomic E-state index is 12.2. The lowest BCUT2D eigenvalue weighted by Gasteiger charge is -2.12. The summed E-state index contributed by atoms with van der Waals surface area (Å²) in [5.41, 5.74) is 1.72. The number of hydrogen-bond donors (Lipinski definition) is 0. The SMILES string of the molecule is C#CCOCCOc1ccc(C(=O)C(C)CC)c(C)c1. The van der Waals surface area contributed by atoms with Gasteiger partial charge in [0.15, 0.2) is 5.78 Å². The van der Waals surface area contributed by atoms with E-state index in [-0.39, 0.29) is 11.7 Å². The highest BCUT2D eigenvalue weighted by atomic mass is 16.5. The molecule has 3 nitrogen and oxygen atoms in total. The number of ketones is 1. The molecule has 0 N–H and O–H groups in total. The van der Waals surface area contributed by atoms with Crippen LogP contribution >= 0.6 is 0 Å². The topological polar surface area (TPSA) is 35.5 Å². The van der Waals surface area contributed by atoms with Gasteiger partial charge in [-0.1, -0.05) is 19.8 Å². The lowest BCUT2D eigenvalue weighted by molar-refractivity contribution is 0.0926. The minimum atomic E-state index is 0.0534. The molecule has 1 aromatic carbocycles. The molecular weight excluding hydrogens is 252 g/mol. The molecule has 0 saturated heterocycles. The fraction of sp³-hybridized carbons (Fsp3) is 0.471. The summed E-state index contributed by atoms with van der Waals surface area (Å²) in [5, 5.41) is 0. The van der Waals surface area contributed by atoms with Crippen LogP contribution in [-0.2, 0) is 4.74 Å². The van der Waals surface area contributed by atoms with E-state index >= 15 is 0 Å². The van der Waals surface area contributed by atoms with Crippen LogP contribution in [0.3, 0.4) is 0 Å². The molecule has 0 amide bonds. The molecule has 1 aromatic rings. The first-order chi connectivity index (χ1) is 9.60. The Kier molecular flexibility index (Phi) is 6.83. The highest BCUT2D eigenvalue weighted by molar-refractivity contribution is 5.99. The number of Topliss-reactive ketones (excluding diaryl/α,β-unsaturated/α-hetero) is 1. The van der Waals surface area contributed by atoms with Crippen molar-refractivity contribution in [3.63, 3.8) is 0 Å². The quantitative estimate of drug-likeness (QED) is 0.415. The fourth-order valence-electron chi connectivity index (χ4n) is 1.80. The molecule has 0 aliphatic carbocycles. The maximum Gasteiger partial charge on any atom is 0.165 e. The van der Waals surface area contributed by atoms with Crippen molar-refractivity contribution in [3.05, 3.63) is 29.3 Å². The predicted molar refractivity (Wildman–Crippen MR) is 80.1 cm³/mol. The van der Waals surface area contributed by atoms with Gasteiger partial charge in [-0.05, 0) is 37.1 Å². The average Bonchev–Trinajstić information content (AvgIpc) is 2.45. The first-order valence-electron chi connectivity index (χ1n) is 6.89. The van der Waals surface area contributed by atoms with Crippen molar-refractivity contribution in [1.29, 1.82) is 0 Å². The number of carbonyl (C=O) groups excluding carboxylic acids is 1. The van der Waals surface area contributed by atoms with Crippen LogP contribution in [0.1, 0.15) is 36.2 Å². The summed E-state index contributed by atoms with van der Waals surface area (Å²) in [5.74, 6) is 3.38. The molecule has 108 valence electrons. The first kappa shape index (κ1) is 16.3. The Balaban J connectivity index is 2.60. The summed E-state index contributed by atoms with van der Waals surface area (Å²) in [6.45, 7) is 7.10. The van der Waals surface area contributed by atoms with Gasteiger partial charge in [0.2, 0.25) is 0 Å². The second kappa shape index (κ2) is 8.39. The molecule has 1 unspecified atom stereocenters. The summed E-state index contributed by atoms with van der Waals surface area (Å²) in [6, 6.07) is 5.54. The van der Waals surface area contributed by atoms with Gasteiger partial charge in [-0.25, -0.2) is 0 Å². The summed E-state index contributed by atoms with van der Waals surface area (Å²) < 4.78 is 10.7. The Morgan fingerprint density at radius 1 is 1.40 bits per heavy atom. The van der Waals surface area contributed by atoms with E-state index in [1.165, 1.54) is 0 Å². The van der Waals surface area contributed by atoms with Gasteiger partial charge in [-0.3, -0.25) is 4.79 Å². The first-order valence-corrected chi connectivity index (χ1v) is 6.89. The van der Waals surface area contributed by atoms with E-state index in [1.54, 1.807) is 0 Å². The zero-order valence-electron chi connectivity index (χ0n) is 12.4. The van der Waals surface area contributed by atoms with E-state index in [9.17, 15) is 4.79 Å². The monoisotopic (exact) mass is 274 g/mol. The van der Waals surface area contributed by atoms with E-state index in [4.69, 9.17) is 15.9 Å². The van der Waals surface area contributed by atoms with Crippen LogP contribution in [0.15, 0.2) is 18.2 Å². The van der Waals surface area contributed by atoms with E-state index < -0.39 is 0 Å². The molecule has 1 rings (SSSR count). The molecule has 0 aromatic heterocycles. The molecule has 3 heteroatoms. The molecule has 0 heterocycles. The predicted octanol–water partition coefficient (Wildman–Crippen LogP) is 3.25. The van der Waals surface area contributed by atoms with E-state index in [0.717, 1.165) is 23.3 Å². The molecule has 0 radical (unpaired) electrons. The van der Waals surface area contributed by atoms with Gasteiger partial charge < -0.3 is 9.47 Å². The van der Waals surface area contributed by atoms with Crippen LogP contribution in [-0.4, -0.2) is 25.6 Å². The van der Waals surface area contributed by atoms with Crippen LogP contribution in [0.4, 0.5) is 0 Å². The van der Waals surface area contributed by atoms with Gasteiger partial charge >= 0.3 is 0 Å². The molecule has 0 saturated carbocycles. The van der Waals surface area contributed by atoms with Gasteiger partial charge in [0.25, 0.3) is 0 Å². The summed E-state index contributed by atoms with van der Waals surface area (Å²) in [6.07, 6.45) is 5.92. The molecule has 0 bridgehead atoms. The number of benzene rings is 1. The average molecular weight is 274 g/mol. The number of rotatable bonds is 8. The van der Waals surface area contributed by atoms with Gasteiger partial charge in [-0.2, -0.15) is 0 Å². The number of aryl methyl sites for hydroxylation is 1.